The predicted molar refractivity (Wildman–Crippen MR) is 62.6 cm³/mol. The third-order valence-electron chi connectivity index (χ3n) is 2.35. The topological polar surface area (TPSA) is 67.9 Å². The Morgan fingerprint density at radius 3 is 2.24 bits per heavy atom. The average Bonchev–Trinajstić information content (AvgIpc) is 2.37. The van der Waals surface area contributed by atoms with Crippen LogP contribution < -0.4 is 0 Å². The van der Waals surface area contributed by atoms with Crippen LogP contribution in [0.2, 0.25) is 0 Å². The predicted octanol–water partition coefficient (Wildman–Crippen LogP) is 1.49. The number of carbonyl (C=O) groups is 1. The zero-order valence-corrected chi connectivity index (χ0v) is 9.47. The van der Waals surface area contributed by atoms with Crippen LogP contribution in [-0.4, -0.2) is 23.9 Å². The van der Waals surface area contributed by atoms with Crippen LogP contribution in [0.1, 0.15) is 12.0 Å². The van der Waals surface area contributed by atoms with Gasteiger partial charge in [-0.2, -0.15) is 10.5 Å². The van der Waals surface area contributed by atoms with Crippen molar-refractivity contribution in [3.8, 4) is 12.1 Å². The fourth-order valence-corrected chi connectivity index (χ4v) is 1.46. The maximum Gasteiger partial charge on any atom is 0.224 e. The average molecular weight is 227 g/mol. The van der Waals surface area contributed by atoms with E-state index in [2.05, 4.69) is 0 Å². The molecule has 0 atom stereocenters. The van der Waals surface area contributed by atoms with Crippen molar-refractivity contribution in [1.82, 2.24) is 4.90 Å². The third kappa shape index (κ3) is 4.36. The molecule has 4 heteroatoms. The number of aryl methyl sites for hydroxylation is 1. The highest BCUT2D eigenvalue weighted by Gasteiger charge is 2.12. The van der Waals surface area contributed by atoms with E-state index in [1.807, 2.05) is 42.5 Å². The lowest BCUT2D eigenvalue weighted by atomic mass is 10.1. The van der Waals surface area contributed by atoms with Crippen molar-refractivity contribution in [3.05, 3.63) is 35.9 Å². The maximum atomic E-state index is 11.7. The van der Waals surface area contributed by atoms with Crippen LogP contribution in [0, 0.1) is 22.7 Å². The Kier molecular flexibility index (Phi) is 5.27. The zero-order valence-electron chi connectivity index (χ0n) is 9.47. The molecular weight excluding hydrogens is 214 g/mol. The summed E-state index contributed by atoms with van der Waals surface area (Å²) in [5.74, 6) is -0.156. The Balaban J connectivity index is 2.48. The van der Waals surface area contributed by atoms with E-state index in [-0.39, 0.29) is 19.0 Å². The Labute approximate surface area is 101 Å². The van der Waals surface area contributed by atoms with Gasteiger partial charge in [-0.3, -0.25) is 4.79 Å². The molecule has 1 rings (SSSR count). The van der Waals surface area contributed by atoms with Crippen LogP contribution in [0.4, 0.5) is 0 Å². The first-order chi connectivity index (χ1) is 8.27. The first kappa shape index (κ1) is 12.7. The van der Waals surface area contributed by atoms with E-state index in [1.54, 1.807) is 0 Å². The number of hydrogen-bond donors (Lipinski definition) is 0. The van der Waals surface area contributed by atoms with E-state index in [4.69, 9.17) is 10.5 Å². The quantitative estimate of drug-likeness (QED) is 0.716. The van der Waals surface area contributed by atoms with Crippen molar-refractivity contribution >= 4 is 5.91 Å². The molecule has 0 N–H and O–H groups in total. The van der Waals surface area contributed by atoms with E-state index in [1.165, 1.54) is 4.90 Å². The molecule has 4 nitrogen and oxygen atoms in total. The molecule has 0 fully saturated rings. The van der Waals surface area contributed by atoms with Gasteiger partial charge < -0.3 is 4.90 Å². The molecule has 0 spiro atoms. The van der Waals surface area contributed by atoms with Crippen molar-refractivity contribution in [2.75, 3.05) is 13.1 Å². The number of nitriles is 2. The summed E-state index contributed by atoms with van der Waals surface area (Å²) in [5, 5.41) is 17.1. The fraction of sp³-hybridized carbons (Fsp3) is 0.308. The second-order valence-electron chi connectivity index (χ2n) is 3.55. The summed E-state index contributed by atoms with van der Waals surface area (Å²) < 4.78 is 0. The molecule has 0 aliphatic carbocycles. The van der Waals surface area contributed by atoms with Crippen molar-refractivity contribution < 1.29 is 4.79 Å². The molecule has 86 valence electrons. The standard InChI is InChI=1S/C13H13N3O/c14-8-10-16(11-9-15)13(17)7-6-12-4-2-1-3-5-12/h1-5H,6-7,10-11H2. The lowest BCUT2D eigenvalue weighted by Gasteiger charge is -2.15. The molecule has 1 aromatic carbocycles. The Morgan fingerprint density at radius 1 is 1.12 bits per heavy atom. The lowest BCUT2D eigenvalue weighted by Crippen LogP contribution is -2.31. The molecule has 0 aliphatic rings. The molecular formula is C13H13N3O. The second kappa shape index (κ2) is 7.03. The highest BCUT2D eigenvalue weighted by atomic mass is 16.2. The highest BCUT2D eigenvalue weighted by molar-refractivity contribution is 5.77. The second-order valence-corrected chi connectivity index (χ2v) is 3.55. The van der Waals surface area contributed by atoms with E-state index >= 15 is 0 Å². The fourth-order valence-electron chi connectivity index (χ4n) is 1.46. The summed E-state index contributed by atoms with van der Waals surface area (Å²) in [6.45, 7) is -0.0532. The van der Waals surface area contributed by atoms with Crippen molar-refractivity contribution in [1.29, 1.82) is 10.5 Å². The number of hydrogen-bond acceptors (Lipinski definition) is 3. The van der Waals surface area contributed by atoms with E-state index in [0.29, 0.717) is 12.8 Å². The molecule has 0 saturated carbocycles. The first-order valence-electron chi connectivity index (χ1n) is 5.33. The SMILES string of the molecule is N#CCN(CC#N)C(=O)CCc1ccccc1. The van der Waals surface area contributed by atoms with Gasteiger partial charge in [0.05, 0.1) is 12.1 Å². The van der Waals surface area contributed by atoms with Crippen LogP contribution in [0.25, 0.3) is 0 Å². The largest absolute Gasteiger partial charge is 0.316 e. The van der Waals surface area contributed by atoms with Gasteiger partial charge in [-0.05, 0) is 12.0 Å². The normalized spacial score (nSPS) is 9.06. The third-order valence-corrected chi connectivity index (χ3v) is 2.35. The smallest absolute Gasteiger partial charge is 0.224 e. The maximum absolute atomic E-state index is 11.7. The van der Waals surface area contributed by atoms with Crippen molar-refractivity contribution in [2.45, 2.75) is 12.8 Å². The molecule has 0 aromatic heterocycles. The molecule has 0 radical (unpaired) electrons. The van der Waals surface area contributed by atoms with Gasteiger partial charge in [0, 0.05) is 6.42 Å². The van der Waals surface area contributed by atoms with E-state index in [0.717, 1.165) is 5.56 Å². The highest BCUT2D eigenvalue weighted by Crippen LogP contribution is 2.04. The minimum absolute atomic E-state index is 0.0266. The van der Waals surface area contributed by atoms with E-state index < -0.39 is 0 Å². The van der Waals surface area contributed by atoms with Crippen LogP contribution in [0.15, 0.2) is 30.3 Å². The molecule has 17 heavy (non-hydrogen) atoms. The van der Waals surface area contributed by atoms with Crippen LogP contribution in [0.3, 0.4) is 0 Å². The molecule has 0 unspecified atom stereocenters. The number of benzene rings is 1. The molecule has 1 amide bonds. The summed E-state index contributed by atoms with van der Waals surface area (Å²) in [7, 11) is 0. The van der Waals surface area contributed by atoms with Gasteiger partial charge in [-0.25, -0.2) is 0 Å². The van der Waals surface area contributed by atoms with Crippen LogP contribution in [-0.2, 0) is 11.2 Å². The Morgan fingerprint density at radius 2 is 1.71 bits per heavy atom. The monoisotopic (exact) mass is 227 g/mol. The van der Waals surface area contributed by atoms with Crippen LogP contribution >= 0.6 is 0 Å². The Bertz CT molecular complexity index is 426. The summed E-state index contributed by atoms with van der Waals surface area (Å²) in [4.78, 5) is 13.0. The minimum Gasteiger partial charge on any atom is -0.316 e. The van der Waals surface area contributed by atoms with Crippen molar-refractivity contribution in [3.63, 3.8) is 0 Å². The number of nitrogens with zero attached hydrogens (tertiary/aromatic N) is 3. The van der Waals surface area contributed by atoms with Crippen molar-refractivity contribution in [2.24, 2.45) is 0 Å². The number of amides is 1. The molecule has 0 heterocycles. The van der Waals surface area contributed by atoms with Gasteiger partial charge in [0.25, 0.3) is 0 Å². The summed E-state index contributed by atoms with van der Waals surface area (Å²) in [6, 6.07) is 13.4. The summed E-state index contributed by atoms with van der Waals surface area (Å²) >= 11 is 0. The molecule has 0 aliphatic heterocycles. The van der Waals surface area contributed by atoms with Gasteiger partial charge in [0.15, 0.2) is 0 Å². The summed E-state index contributed by atoms with van der Waals surface area (Å²) in [5.41, 5.74) is 1.08. The van der Waals surface area contributed by atoms with Gasteiger partial charge >= 0.3 is 0 Å². The van der Waals surface area contributed by atoms with Crippen LogP contribution in [0.5, 0.6) is 0 Å². The Hall–Kier alpha value is -2.33. The molecule has 0 saturated heterocycles. The van der Waals surface area contributed by atoms with Gasteiger partial charge in [-0.1, -0.05) is 30.3 Å². The first-order valence-corrected chi connectivity index (χ1v) is 5.33. The summed E-state index contributed by atoms with van der Waals surface area (Å²) in [6.07, 6.45) is 0.959. The zero-order chi connectivity index (χ0) is 12.5. The molecule has 0 bridgehead atoms. The van der Waals surface area contributed by atoms with Gasteiger partial charge in [-0.15, -0.1) is 0 Å². The number of rotatable bonds is 5. The minimum atomic E-state index is -0.156. The van der Waals surface area contributed by atoms with Gasteiger partial charge in [0.2, 0.25) is 5.91 Å². The number of carbonyl (C=O) groups excluding carboxylic acids is 1. The molecule has 1 aromatic rings. The lowest BCUT2D eigenvalue weighted by molar-refractivity contribution is -0.130. The van der Waals surface area contributed by atoms with E-state index in [9.17, 15) is 4.79 Å². The van der Waals surface area contributed by atoms with Gasteiger partial charge in [0.1, 0.15) is 13.1 Å².